The van der Waals surface area contributed by atoms with Gasteiger partial charge in [0, 0.05) is 19.2 Å². The summed E-state index contributed by atoms with van der Waals surface area (Å²) in [7, 11) is 0. The van der Waals surface area contributed by atoms with Gasteiger partial charge in [-0.25, -0.2) is 0 Å². The summed E-state index contributed by atoms with van der Waals surface area (Å²) < 4.78 is 10.7. The molecule has 1 aromatic rings. The van der Waals surface area contributed by atoms with Crippen LogP contribution in [0.4, 0.5) is 0 Å². The summed E-state index contributed by atoms with van der Waals surface area (Å²) in [6, 6.07) is 3.56. The van der Waals surface area contributed by atoms with Crippen molar-refractivity contribution in [3.63, 3.8) is 0 Å². The third-order valence-corrected chi connectivity index (χ3v) is 1.78. The molecule has 0 fully saturated rings. The van der Waals surface area contributed by atoms with E-state index in [4.69, 9.17) is 15.2 Å². The van der Waals surface area contributed by atoms with Gasteiger partial charge >= 0.3 is 0 Å². The molecule has 0 aliphatic carbocycles. The number of aromatic nitrogens is 2. The minimum absolute atomic E-state index is 0.0250. The average Bonchev–Trinajstić information content (AvgIpc) is 2.27. The Kier molecular flexibility index (Phi) is 5.00. The Balaban J connectivity index is 2.42. The molecule has 5 heteroatoms. The fourth-order valence-electron chi connectivity index (χ4n) is 1.04. The zero-order valence-corrected chi connectivity index (χ0v) is 9.14. The number of hydrogen-bond donors (Lipinski definition) is 1. The van der Waals surface area contributed by atoms with E-state index < -0.39 is 0 Å². The predicted octanol–water partition coefficient (Wildman–Crippen LogP) is 0.739. The number of nitrogens with zero attached hydrogens (tertiary/aromatic N) is 2. The molecule has 0 aliphatic heterocycles. The number of ether oxygens (including phenoxy) is 2. The molecule has 15 heavy (non-hydrogen) atoms. The Morgan fingerprint density at radius 2 is 2.20 bits per heavy atom. The van der Waals surface area contributed by atoms with Crippen LogP contribution in [-0.2, 0) is 11.3 Å². The third kappa shape index (κ3) is 4.22. The number of rotatable bonds is 6. The van der Waals surface area contributed by atoms with Gasteiger partial charge in [0.05, 0.1) is 12.3 Å². The van der Waals surface area contributed by atoms with Crippen molar-refractivity contribution < 1.29 is 9.47 Å². The maximum atomic E-state index is 5.48. The van der Waals surface area contributed by atoms with Crippen LogP contribution in [0.1, 0.15) is 19.5 Å². The summed E-state index contributed by atoms with van der Waals surface area (Å²) in [5, 5.41) is 7.78. The van der Waals surface area contributed by atoms with E-state index in [-0.39, 0.29) is 6.10 Å². The van der Waals surface area contributed by atoms with E-state index in [9.17, 15) is 0 Å². The minimum atomic E-state index is -0.0250. The molecule has 0 aromatic carbocycles. The molecule has 2 N–H and O–H groups in total. The summed E-state index contributed by atoms with van der Waals surface area (Å²) in [6.45, 7) is 5.50. The van der Waals surface area contributed by atoms with Crippen LogP contribution in [0.2, 0.25) is 0 Å². The highest BCUT2D eigenvalue weighted by Gasteiger charge is 2.05. The molecule has 1 atom stereocenters. The van der Waals surface area contributed by atoms with Crippen molar-refractivity contribution in [3.8, 4) is 5.88 Å². The summed E-state index contributed by atoms with van der Waals surface area (Å²) in [4.78, 5) is 0. The van der Waals surface area contributed by atoms with Gasteiger partial charge in [-0.1, -0.05) is 0 Å². The maximum absolute atomic E-state index is 5.48. The lowest BCUT2D eigenvalue weighted by molar-refractivity contribution is 0.0628. The maximum Gasteiger partial charge on any atom is 0.233 e. The first-order valence-electron chi connectivity index (χ1n) is 5.03. The summed E-state index contributed by atoms with van der Waals surface area (Å²) in [5.41, 5.74) is 6.15. The number of nitrogens with two attached hydrogens (primary N) is 1. The molecule has 5 nitrogen and oxygen atoms in total. The third-order valence-electron chi connectivity index (χ3n) is 1.78. The second kappa shape index (κ2) is 6.31. The van der Waals surface area contributed by atoms with Gasteiger partial charge in [-0.15, -0.1) is 5.10 Å². The van der Waals surface area contributed by atoms with E-state index in [0.717, 1.165) is 5.69 Å². The molecule has 1 heterocycles. The predicted molar refractivity (Wildman–Crippen MR) is 56.5 cm³/mol. The second-order valence-corrected chi connectivity index (χ2v) is 3.15. The second-order valence-electron chi connectivity index (χ2n) is 3.15. The Hall–Kier alpha value is -1.20. The van der Waals surface area contributed by atoms with E-state index in [2.05, 4.69) is 10.2 Å². The van der Waals surface area contributed by atoms with E-state index in [0.29, 0.717) is 25.6 Å². The van der Waals surface area contributed by atoms with Crippen molar-refractivity contribution in [2.45, 2.75) is 26.5 Å². The lowest BCUT2D eigenvalue weighted by Crippen LogP contribution is -2.19. The molecule has 0 spiro atoms. The van der Waals surface area contributed by atoms with Gasteiger partial charge in [-0.2, -0.15) is 5.10 Å². The molecule has 0 amide bonds. The average molecular weight is 211 g/mol. The first-order chi connectivity index (χ1) is 7.26. The van der Waals surface area contributed by atoms with Crippen LogP contribution in [0.5, 0.6) is 5.88 Å². The molecule has 1 unspecified atom stereocenters. The molecular weight excluding hydrogens is 194 g/mol. The highest BCUT2D eigenvalue weighted by atomic mass is 16.5. The topological polar surface area (TPSA) is 70.3 Å². The van der Waals surface area contributed by atoms with Gasteiger partial charge in [0.1, 0.15) is 6.10 Å². The monoisotopic (exact) mass is 211 g/mol. The highest BCUT2D eigenvalue weighted by molar-refractivity contribution is 5.11. The zero-order valence-electron chi connectivity index (χ0n) is 9.14. The molecule has 0 radical (unpaired) electrons. The number of hydrogen-bond acceptors (Lipinski definition) is 5. The van der Waals surface area contributed by atoms with Crippen LogP contribution in [0.25, 0.3) is 0 Å². The normalized spacial score (nSPS) is 12.5. The van der Waals surface area contributed by atoms with Crippen molar-refractivity contribution in [1.29, 1.82) is 0 Å². The van der Waals surface area contributed by atoms with Crippen molar-refractivity contribution in [3.05, 3.63) is 17.8 Å². The van der Waals surface area contributed by atoms with Crippen molar-refractivity contribution >= 4 is 0 Å². The van der Waals surface area contributed by atoms with Crippen LogP contribution in [0, 0.1) is 0 Å². The minimum Gasteiger partial charge on any atom is -0.471 e. The fraction of sp³-hybridized carbons (Fsp3) is 0.600. The van der Waals surface area contributed by atoms with Crippen molar-refractivity contribution in [1.82, 2.24) is 10.2 Å². The molecule has 1 rings (SSSR count). The van der Waals surface area contributed by atoms with Crippen molar-refractivity contribution in [2.24, 2.45) is 5.73 Å². The molecule has 0 saturated carbocycles. The Labute approximate surface area is 89.6 Å². The Morgan fingerprint density at radius 1 is 1.40 bits per heavy atom. The van der Waals surface area contributed by atoms with Crippen molar-refractivity contribution in [2.75, 3.05) is 13.2 Å². The van der Waals surface area contributed by atoms with Crippen LogP contribution < -0.4 is 10.5 Å². The van der Waals surface area contributed by atoms with Crippen LogP contribution in [0.3, 0.4) is 0 Å². The quantitative estimate of drug-likeness (QED) is 0.751. The molecule has 0 saturated heterocycles. The summed E-state index contributed by atoms with van der Waals surface area (Å²) >= 11 is 0. The largest absolute Gasteiger partial charge is 0.471 e. The summed E-state index contributed by atoms with van der Waals surface area (Å²) in [5.74, 6) is 0.499. The van der Waals surface area contributed by atoms with Gasteiger partial charge < -0.3 is 15.2 Å². The smallest absolute Gasteiger partial charge is 0.233 e. The van der Waals surface area contributed by atoms with Gasteiger partial charge in [0.15, 0.2) is 0 Å². The van der Waals surface area contributed by atoms with E-state index >= 15 is 0 Å². The molecule has 1 aromatic heterocycles. The molecule has 0 bridgehead atoms. The van der Waals surface area contributed by atoms with E-state index in [1.54, 1.807) is 12.1 Å². The van der Waals surface area contributed by atoms with Crippen LogP contribution in [0.15, 0.2) is 12.1 Å². The molecule has 0 aliphatic rings. The van der Waals surface area contributed by atoms with Crippen LogP contribution >= 0.6 is 0 Å². The van der Waals surface area contributed by atoms with Gasteiger partial charge in [-0.05, 0) is 19.9 Å². The lowest BCUT2D eigenvalue weighted by Gasteiger charge is -2.12. The van der Waals surface area contributed by atoms with Gasteiger partial charge in [0.25, 0.3) is 0 Å². The SMILES string of the molecule is CCOCC(C)Oc1ccc(CN)nn1. The Bertz CT molecular complexity index is 277. The molecule has 84 valence electrons. The van der Waals surface area contributed by atoms with Crippen LogP contribution in [-0.4, -0.2) is 29.5 Å². The first-order valence-corrected chi connectivity index (χ1v) is 5.03. The summed E-state index contributed by atoms with van der Waals surface area (Å²) in [6.07, 6.45) is -0.0250. The zero-order chi connectivity index (χ0) is 11.1. The Morgan fingerprint density at radius 3 is 2.73 bits per heavy atom. The van der Waals surface area contributed by atoms with E-state index in [1.807, 2.05) is 13.8 Å². The first kappa shape index (κ1) is 11.9. The highest BCUT2D eigenvalue weighted by Crippen LogP contribution is 2.07. The fourth-order valence-corrected chi connectivity index (χ4v) is 1.04. The van der Waals surface area contributed by atoms with Gasteiger partial charge in [0.2, 0.25) is 5.88 Å². The van der Waals surface area contributed by atoms with E-state index in [1.165, 1.54) is 0 Å². The standard InChI is InChI=1S/C10H17N3O2/c1-3-14-7-8(2)15-10-5-4-9(6-11)12-13-10/h4-5,8H,3,6-7,11H2,1-2H3. The molecular formula is C10H17N3O2. The lowest BCUT2D eigenvalue weighted by atomic mass is 10.4. The van der Waals surface area contributed by atoms with Gasteiger partial charge in [-0.3, -0.25) is 0 Å².